The van der Waals surface area contributed by atoms with E-state index in [0.717, 1.165) is 42.9 Å². The van der Waals surface area contributed by atoms with E-state index in [9.17, 15) is 0 Å². The number of aromatic nitrogens is 2. The molecule has 0 amide bonds. The molecule has 1 N–H and O–H groups in total. The van der Waals surface area contributed by atoms with Crippen LogP contribution in [-0.4, -0.2) is 23.2 Å². The number of nitrogens with zero attached hydrogens (tertiary/aromatic N) is 1. The summed E-state index contributed by atoms with van der Waals surface area (Å²) in [5.41, 5.74) is 2.79. The van der Waals surface area contributed by atoms with Crippen molar-refractivity contribution in [1.29, 1.82) is 0 Å². The van der Waals surface area contributed by atoms with Gasteiger partial charge in [0.05, 0.1) is 11.0 Å². The summed E-state index contributed by atoms with van der Waals surface area (Å²) < 4.78 is 13.2. The number of halogens is 2. The van der Waals surface area contributed by atoms with Crippen molar-refractivity contribution in [3.05, 3.63) is 39.3 Å². The molecule has 0 saturated heterocycles. The van der Waals surface area contributed by atoms with Gasteiger partial charge in [0.15, 0.2) is 11.5 Å². The molecule has 3 aromatic rings. The van der Waals surface area contributed by atoms with E-state index in [-0.39, 0.29) is 0 Å². The van der Waals surface area contributed by atoms with Crippen LogP contribution >= 0.6 is 31.9 Å². The summed E-state index contributed by atoms with van der Waals surface area (Å²) in [6.07, 6.45) is 0. The minimum Gasteiger partial charge on any atom is -0.486 e. The van der Waals surface area contributed by atoms with Gasteiger partial charge in [0.25, 0.3) is 0 Å². The highest BCUT2D eigenvalue weighted by atomic mass is 79.9. The Morgan fingerprint density at radius 2 is 1.76 bits per heavy atom. The summed E-state index contributed by atoms with van der Waals surface area (Å²) in [5.74, 6) is 2.32. The number of imidazole rings is 1. The molecule has 4 rings (SSSR count). The Balaban J connectivity index is 1.88. The molecule has 1 aliphatic heterocycles. The van der Waals surface area contributed by atoms with Gasteiger partial charge in [-0.2, -0.15) is 0 Å². The third-order valence-electron chi connectivity index (χ3n) is 3.33. The fourth-order valence-electron chi connectivity index (χ4n) is 2.35. The Labute approximate surface area is 137 Å². The summed E-state index contributed by atoms with van der Waals surface area (Å²) in [7, 11) is 0. The molecule has 0 atom stereocenters. The first-order valence-electron chi connectivity index (χ1n) is 6.45. The van der Waals surface area contributed by atoms with Gasteiger partial charge in [-0.25, -0.2) is 4.98 Å². The first kappa shape index (κ1) is 13.2. The summed E-state index contributed by atoms with van der Waals surface area (Å²) in [4.78, 5) is 7.98. The van der Waals surface area contributed by atoms with E-state index in [4.69, 9.17) is 9.47 Å². The molecular weight excluding hydrogens is 400 g/mol. The Morgan fingerprint density at radius 1 is 1.00 bits per heavy atom. The smallest absolute Gasteiger partial charge is 0.163 e. The first-order valence-corrected chi connectivity index (χ1v) is 8.04. The van der Waals surface area contributed by atoms with Crippen LogP contribution in [0.15, 0.2) is 39.3 Å². The molecule has 106 valence electrons. The number of benzene rings is 2. The number of ether oxygens (including phenoxy) is 2. The Morgan fingerprint density at radius 3 is 2.57 bits per heavy atom. The van der Waals surface area contributed by atoms with Gasteiger partial charge in [0, 0.05) is 26.6 Å². The summed E-state index contributed by atoms with van der Waals surface area (Å²) in [6.45, 7) is 1.16. The molecule has 2 aromatic carbocycles. The van der Waals surface area contributed by atoms with Crippen LogP contribution in [0.1, 0.15) is 0 Å². The van der Waals surface area contributed by atoms with E-state index in [2.05, 4.69) is 41.8 Å². The van der Waals surface area contributed by atoms with E-state index in [1.165, 1.54) is 0 Å². The van der Waals surface area contributed by atoms with Crippen LogP contribution in [0.4, 0.5) is 0 Å². The van der Waals surface area contributed by atoms with Crippen molar-refractivity contribution in [2.45, 2.75) is 0 Å². The monoisotopic (exact) mass is 408 g/mol. The number of H-pyrrole nitrogens is 1. The lowest BCUT2D eigenvalue weighted by molar-refractivity contribution is 0.172. The molecule has 0 fully saturated rings. The van der Waals surface area contributed by atoms with Gasteiger partial charge in [-0.05, 0) is 18.2 Å². The number of rotatable bonds is 1. The fraction of sp³-hybridized carbons (Fsp3) is 0.133. The minimum absolute atomic E-state index is 0.576. The largest absolute Gasteiger partial charge is 0.486 e. The number of aromatic amines is 1. The molecular formula is C15H10Br2N2O2. The molecule has 0 bridgehead atoms. The van der Waals surface area contributed by atoms with Crippen molar-refractivity contribution in [3.63, 3.8) is 0 Å². The highest BCUT2D eigenvalue weighted by Gasteiger charge is 2.16. The standard InChI is InChI=1S/C15H10Br2N2O2/c16-8-1-2-10(17)9(5-8)15-18-11-6-13-14(7-12(11)19-15)21-4-3-20-13/h1-2,5-7H,3-4H2,(H,18,19). The Hall–Kier alpha value is -1.53. The van der Waals surface area contributed by atoms with E-state index < -0.39 is 0 Å². The molecule has 0 aliphatic carbocycles. The van der Waals surface area contributed by atoms with Crippen LogP contribution in [0.5, 0.6) is 11.5 Å². The molecule has 0 spiro atoms. The Kier molecular flexibility index (Phi) is 3.15. The minimum atomic E-state index is 0.576. The number of fused-ring (bicyclic) bond motifs is 2. The van der Waals surface area contributed by atoms with Gasteiger partial charge < -0.3 is 14.5 Å². The zero-order valence-electron chi connectivity index (χ0n) is 10.8. The van der Waals surface area contributed by atoms with Crippen molar-refractivity contribution in [3.8, 4) is 22.9 Å². The van der Waals surface area contributed by atoms with Crippen LogP contribution in [-0.2, 0) is 0 Å². The van der Waals surface area contributed by atoms with Gasteiger partial charge in [-0.1, -0.05) is 31.9 Å². The number of hydrogen-bond donors (Lipinski definition) is 1. The normalized spacial score (nSPS) is 13.6. The van der Waals surface area contributed by atoms with Crippen LogP contribution in [0.2, 0.25) is 0 Å². The number of nitrogens with one attached hydrogen (secondary N) is 1. The second kappa shape index (κ2) is 5.03. The van der Waals surface area contributed by atoms with Crippen LogP contribution in [0.25, 0.3) is 22.4 Å². The summed E-state index contributed by atoms with van der Waals surface area (Å²) in [6, 6.07) is 9.84. The van der Waals surface area contributed by atoms with Crippen molar-refractivity contribution >= 4 is 42.9 Å². The molecule has 1 aromatic heterocycles. The second-order valence-corrected chi connectivity index (χ2v) is 6.49. The SMILES string of the molecule is Brc1ccc(Br)c(-c2nc3cc4c(cc3[nH]2)OCCO4)c1. The predicted molar refractivity (Wildman–Crippen MR) is 87.9 cm³/mol. The van der Waals surface area contributed by atoms with Crippen molar-refractivity contribution in [2.24, 2.45) is 0 Å². The lowest BCUT2D eigenvalue weighted by Gasteiger charge is -2.17. The van der Waals surface area contributed by atoms with E-state index in [1.54, 1.807) is 0 Å². The maximum Gasteiger partial charge on any atom is 0.163 e. The maximum absolute atomic E-state index is 5.60. The van der Waals surface area contributed by atoms with Gasteiger partial charge in [0.2, 0.25) is 0 Å². The summed E-state index contributed by atoms with van der Waals surface area (Å²) in [5, 5.41) is 0. The molecule has 2 heterocycles. The Bertz CT molecular complexity index is 802. The topological polar surface area (TPSA) is 47.1 Å². The molecule has 6 heteroatoms. The quantitative estimate of drug-likeness (QED) is 0.642. The van der Waals surface area contributed by atoms with Crippen molar-refractivity contribution < 1.29 is 9.47 Å². The molecule has 0 saturated carbocycles. The average Bonchev–Trinajstić information content (AvgIpc) is 2.89. The van der Waals surface area contributed by atoms with Gasteiger partial charge in [-0.15, -0.1) is 0 Å². The average molecular weight is 410 g/mol. The molecule has 4 nitrogen and oxygen atoms in total. The zero-order valence-corrected chi connectivity index (χ0v) is 14.0. The first-order chi connectivity index (χ1) is 10.2. The highest BCUT2D eigenvalue weighted by Crippen LogP contribution is 2.36. The third-order valence-corrected chi connectivity index (χ3v) is 4.51. The van der Waals surface area contributed by atoms with E-state index >= 15 is 0 Å². The third kappa shape index (κ3) is 2.32. The lowest BCUT2D eigenvalue weighted by atomic mass is 10.2. The summed E-state index contributed by atoms with van der Waals surface area (Å²) >= 11 is 7.05. The van der Waals surface area contributed by atoms with Crippen LogP contribution < -0.4 is 9.47 Å². The second-order valence-electron chi connectivity index (χ2n) is 4.72. The zero-order chi connectivity index (χ0) is 14.4. The van der Waals surface area contributed by atoms with E-state index in [1.807, 2.05) is 30.3 Å². The van der Waals surface area contributed by atoms with Gasteiger partial charge in [0.1, 0.15) is 19.0 Å². The fourth-order valence-corrected chi connectivity index (χ4v) is 3.15. The van der Waals surface area contributed by atoms with E-state index in [0.29, 0.717) is 13.2 Å². The predicted octanol–water partition coefficient (Wildman–Crippen LogP) is 4.53. The lowest BCUT2D eigenvalue weighted by Crippen LogP contribution is -2.15. The van der Waals surface area contributed by atoms with Gasteiger partial charge >= 0.3 is 0 Å². The molecule has 1 aliphatic rings. The van der Waals surface area contributed by atoms with Crippen molar-refractivity contribution in [1.82, 2.24) is 9.97 Å². The van der Waals surface area contributed by atoms with Gasteiger partial charge in [-0.3, -0.25) is 0 Å². The molecule has 21 heavy (non-hydrogen) atoms. The highest BCUT2D eigenvalue weighted by molar-refractivity contribution is 9.11. The van der Waals surface area contributed by atoms with Crippen LogP contribution in [0.3, 0.4) is 0 Å². The van der Waals surface area contributed by atoms with Crippen LogP contribution in [0, 0.1) is 0 Å². The molecule has 0 unspecified atom stereocenters. The maximum atomic E-state index is 5.60. The number of hydrogen-bond acceptors (Lipinski definition) is 3. The molecule has 0 radical (unpaired) electrons. The van der Waals surface area contributed by atoms with Crippen molar-refractivity contribution in [2.75, 3.05) is 13.2 Å².